The van der Waals surface area contributed by atoms with Gasteiger partial charge in [0, 0.05) is 16.6 Å². The molecule has 5 heteroatoms. The molecule has 0 atom stereocenters. The average Bonchev–Trinajstić information content (AvgIpc) is 3.26. The van der Waals surface area contributed by atoms with Gasteiger partial charge < -0.3 is 14.8 Å². The number of fused-ring (bicyclic) bond motifs is 2. The maximum atomic E-state index is 13.4. The summed E-state index contributed by atoms with van der Waals surface area (Å²) in [6.07, 6.45) is 0. The first-order chi connectivity index (χ1) is 15.1. The lowest BCUT2D eigenvalue weighted by Crippen LogP contribution is -2.14. The number of carbonyl (C=O) groups is 1. The van der Waals surface area contributed by atoms with Gasteiger partial charge in [0.15, 0.2) is 11.5 Å². The second kappa shape index (κ2) is 7.76. The molecule has 1 N–H and O–H groups in total. The van der Waals surface area contributed by atoms with Crippen LogP contribution in [0, 0.1) is 0 Å². The molecule has 0 saturated heterocycles. The van der Waals surface area contributed by atoms with Crippen molar-refractivity contribution in [2.24, 2.45) is 0 Å². The van der Waals surface area contributed by atoms with Gasteiger partial charge in [0.25, 0.3) is 5.91 Å². The van der Waals surface area contributed by atoms with E-state index in [1.165, 1.54) is 0 Å². The summed E-state index contributed by atoms with van der Waals surface area (Å²) in [5.41, 5.74) is 4.85. The van der Waals surface area contributed by atoms with Crippen molar-refractivity contribution >= 4 is 22.5 Å². The van der Waals surface area contributed by atoms with Crippen molar-refractivity contribution in [3.8, 4) is 22.8 Å². The predicted octanol–water partition coefficient (Wildman–Crippen LogP) is 6.01. The summed E-state index contributed by atoms with van der Waals surface area (Å²) in [7, 11) is 0. The first-order valence-corrected chi connectivity index (χ1v) is 10.3. The minimum absolute atomic E-state index is 0.159. The van der Waals surface area contributed by atoms with Crippen molar-refractivity contribution in [2.45, 2.75) is 19.8 Å². The third-order valence-electron chi connectivity index (χ3n) is 5.46. The molecule has 5 rings (SSSR count). The molecule has 4 aromatic rings. The quantitative estimate of drug-likeness (QED) is 0.448. The molecule has 0 fully saturated rings. The molecular formula is C26H22N2O3. The van der Waals surface area contributed by atoms with Gasteiger partial charge in [-0.3, -0.25) is 4.79 Å². The van der Waals surface area contributed by atoms with E-state index < -0.39 is 0 Å². The Hall–Kier alpha value is -3.86. The van der Waals surface area contributed by atoms with E-state index in [1.54, 1.807) is 0 Å². The zero-order valence-electron chi connectivity index (χ0n) is 17.4. The summed E-state index contributed by atoms with van der Waals surface area (Å²) >= 11 is 0. The molecule has 1 aliphatic heterocycles. The molecular weight excluding hydrogens is 388 g/mol. The average molecular weight is 410 g/mol. The number of anilines is 1. The van der Waals surface area contributed by atoms with Crippen LogP contribution in [0.4, 0.5) is 5.69 Å². The molecule has 2 heterocycles. The van der Waals surface area contributed by atoms with Crippen LogP contribution >= 0.6 is 0 Å². The topological polar surface area (TPSA) is 60.5 Å². The minimum atomic E-state index is -0.159. The number of benzene rings is 3. The lowest BCUT2D eigenvalue weighted by molar-refractivity contribution is 0.102. The highest BCUT2D eigenvalue weighted by atomic mass is 16.7. The second-order valence-electron chi connectivity index (χ2n) is 7.84. The Balaban J connectivity index is 1.59. The third-order valence-corrected chi connectivity index (χ3v) is 5.46. The zero-order chi connectivity index (χ0) is 21.4. The van der Waals surface area contributed by atoms with Crippen LogP contribution in [0.1, 0.15) is 35.7 Å². The van der Waals surface area contributed by atoms with E-state index in [0.717, 1.165) is 27.7 Å². The number of aromatic nitrogens is 1. The summed E-state index contributed by atoms with van der Waals surface area (Å²) < 4.78 is 10.9. The summed E-state index contributed by atoms with van der Waals surface area (Å²) in [5.74, 6) is 1.54. The lowest BCUT2D eigenvalue weighted by atomic mass is 10.00. The van der Waals surface area contributed by atoms with Gasteiger partial charge in [-0.1, -0.05) is 50.2 Å². The molecule has 0 unspecified atom stereocenters. The molecule has 31 heavy (non-hydrogen) atoms. The van der Waals surface area contributed by atoms with Gasteiger partial charge in [0.1, 0.15) is 0 Å². The van der Waals surface area contributed by atoms with Gasteiger partial charge in [-0.25, -0.2) is 4.98 Å². The Labute approximate surface area is 180 Å². The Morgan fingerprint density at radius 2 is 1.71 bits per heavy atom. The van der Waals surface area contributed by atoms with Gasteiger partial charge in [-0.2, -0.15) is 0 Å². The Kier molecular flexibility index (Phi) is 4.79. The standard InChI is InChI=1S/C26H22N2O3/c1-16(2)18-7-3-5-9-21(18)28-26(29)20-14-23(27-22-10-6-4-8-19(20)22)17-11-12-24-25(13-17)31-15-30-24/h3-14,16H,15H2,1-2H3,(H,28,29). The molecule has 1 aromatic heterocycles. The van der Waals surface area contributed by atoms with Crippen molar-refractivity contribution in [1.82, 2.24) is 4.98 Å². The highest BCUT2D eigenvalue weighted by Gasteiger charge is 2.18. The van der Waals surface area contributed by atoms with Crippen LogP contribution in [0.15, 0.2) is 72.8 Å². The maximum Gasteiger partial charge on any atom is 0.256 e. The third kappa shape index (κ3) is 3.59. The number of hydrogen-bond acceptors (Lipinski definition) is 4. The molecule has 154 valence electrons. The van der Waals surface area contributed by atoms with Crippen LogP contribution < -0.4 is 14.8 Å². The molecule has 0 saturated carbocycles. The van der Waals surface area contributed by atoms with Crippen LogP contribution in [-0.4, -0.2) is 17.7 Å². The van der Waals surface area contributed by atoms with Gasteiger partial charge >= 0.3 is 0 Å². The zero-order valence-corrected chi connectivity index (χ0v) is 17.4. The number of ether oxygens (including phenoxy) is 2. The van der Waals surface area contributed by atoms with Crippen LogP contribution in [0.3, 0.4) is 0 Å². The minimum Gasteiger partial charge on any atom is -0.454 e. The number of carbonyl (C=O) groups excluding carboxylic acids is 1. The number of nitrogens with zero attached hydrogens (tertiary/aromatic N) is 1. The highest BCUT2D eigenvalue weighted by molar-refractivity contribution is 6.13. The van der Waals surface area contributed by atoms with Crippen molar-refractivity contribution in [3.05, 3.63) is 83.9 Å². The molecule has 0 radical (unpaired) electrons. The van der Waals surface area contributed by atoms with Crippen LogP contribution in [-0.2, 0) is 0 Å². The van der Waals surface area contributed by atoms with Crippen LogP contribution in [0.2, 0.25) is 0 Å². The van der Waals surface area contributed by atoms with E-state index >= 15 is 0 Å². The fourth-order valence-corrected chi connectivity index (χ4v) is 3.87. The molecule has 0 aliphatic carbocycles. The van der Waals surface area contributed by atoms with E-state index in [9.17, 15) is 4.79 Å². The van der Waals surface area contributed by atoms with Crippen molar-refractivity contribution in [2.75, 3.05) is 12.1 Å². The largest absolute Gasteiger partial charge is 0.454 e. The summed E-state index contributed by atoms with van der Waals surface area (Å²) in [6.45, 7) is 4.45. The smallest absolute Gasteiger partial charge is 0.256 e. The van der Waals surface area contributed by atoms with Gasteiger partial charge in [0.2, 0.25) is 6.79 Å². The number of pyridine rings is 1. The Morgan fingerprint density at radius 1 is 0.935 bits per heavy atom. The fraction of sp³-hybridized carbons (Fsp3) is 0.154. The van der Waals surface area contributed by atoms with Gasteiger partial charge in [0.05, 0.1) is 16.8 Å². The number of amides is 1. The highest BCUT2D eigenvalue weighted by Crippen LogP contribution is 2.36. The van der Waals surface area contributed by atoms with E-state index in [0.29, 0.717) is 28.7 Å². The second-order valence-corrected chi connectivity index (χ2v) is 7.84. The summed E-state index contributed by atoms with van der Waals surface area (Å²) in [5, 5.41) is 3.92. The molecule has 1 amide bonds. The molecule has 5 nitrogen and oxygen atoms in total. The van der Waals surface area contributed by atoms with Crippen molar-refractivity contribution in [1.29, 1.82) is 0 Å². The predicted molar refractivity (Wildman–Crippen MR) is 122 cm³/mol. The number of nitrogens with one attached hydrogen (secondary N) is 1. The first kappa shape index (κ1) is 19.1. The first-order valence-electron chi connectivity index (χ1n) is 10.3. The van der Waals surface area contributed by atoms with E-state index in [1.807, 2.05) is 72.8 Å². The number of rotatable bonds is 4. The molecule has 0 bridgehead atoms. The Bertz CT molecular complexity index is 1300. The molecule has 0 spiro atoms. The monoisotopic (exact) mass is 410 g/mol. The molecule has 3 aromatic carbocycles. The van der Waals surface area contributed by atoms with E-state index in [4.69, 9.17) is 14.5 Å². The van der Waals surface area contributed by atoms with Crippen LogP contribution in [0.25, 0.3) is 22.2 Å². The maximum absolute atomic E-state index is 13.4. The van der Waals surface area contributed by atoms with E-state index in [2.05, 4.69) is 19.2 Å². The molecule has 1 aliphatic rings. The normalized spacial score (nSPS) is 12.4. The van der Waals surface area contributed by atoms with Crippen LogP contribution in [0.5, 0.6) is 11.5 Å². The van der Waals surface area contributed by atoms with Crippen molar-refractivity contribution in [3.63, 3.8) is 0 Å². The van der Waals surface area contributed by atoms with Gasteiger partial charge in [-0.05, 0) is 47.9 Å². The SMILES string of the molecule is CC(C)c1ccccc1NC(=O)c1cc(-c2ccc3c(c2)OCO3)nc2ccccc12. The van der Waals surface area contributed by atoms with Crippen molar-refractivity contribution < 1.29 is 14.3 Å². The summed E-state index contributed by atoms with van der Waals surface area (Å²) in [4.78, 5) is 18.2. The van der Waals surface area contributed by atoms with E-state index in [-0.39, 0.29) is 12.7 Å². The lowest BCUT2D eigenvalue weighted by Gasteiger charge is -2.15. The fourth-order valence-electron chi connectivity index (χ4n) is 3.87. The Morgan fingerprint density at radius 3 is 2.58 bits per heavy atom. The van der Waals surface area contributed by atoms with Gasteiger partial charge in [-0.15, -0.1) is 0 Å². The summed E-state index contributed by atoms with van der Waals surface area (Å²) in [6, 6.07) is 23.1. The number of para-hydroxylation sites is 2. The number of hydrogen-bond donors (Lipinski definition) is 1.